The largest absolute Gasteiger partial charge is 0.478 e. The van der Waals surface area contributed by atoms with Gasteiger partial charge < -0.3 is 15.1 Å². The lowest BCUT2D eigenvalue weighted by molar-refractivity contribution is 0.0697. The van der Waals surface area contributed by atoms with Crippen LogP contribution in [0.15, 0.2) is 48.5 Å². The number of carbonyl (C=O) groups is 1. The number of carboxylic acid groups (broad SMARTS) is 1. The molecule has 0 radical (unpaired) electrons. The van der Waals surface area contributed by atoms with Gasteiger partial charge in [-0.2, -0.15) is 0 Å². The summed E-state index contributed by atoms with van der Waals surface area (Å²) in [6.45, 7) is 0. The van der Waals surface area contributed by atoms with Gasteiger partial charge in [-0.1, -0.05) is 23.7 Å². The second-order valence-corrected chi connectivity index (χ2v) is 7.09. The van der Waals surface area contributed by atoms with Crippen LogP contribution in [0.5, 0.6) is 0 Å². The Morgan fingerprint density at radius 3 is 2.05 bits per heavy atom. The van der Waals surface area contributed by atoms with Gasteiger partial charge in [-0.3, -0.25) is 4.57 Å². The molecule has 0 saturated carbocycles. The first-order chi connectivity index (χ1) is 9.82. The van der Waals surface area contributed by atoms with Gasteiger partial charge in [0.1, 0.15) is 0 Å². The molecule has 0 aliphatic rings. The maximum absolute atomic E-state index is 12.4. The molecule has 2 unspecified atom stereocenters. The number of hydrogen-bond acceptors (Lipinski definition) is 3. The highest BCUT2D eigenvalue weighted by molar-refractivity contribution is 7.66. The lowest BCUT2D eigenvalue weighted by atomic mass is 10.2. The fourth-order valence-electron chi connectivity index (χ4n) is 1.80. The Balaban J connectivity index is 2.34. The Labute approximate surface area is 125 Å². The highest BCUT2D eigenvalue weighted by Crippen LogP contribution is 2.52. The second-order valence-electron chi connectivity index (χ2n) is 4.40. The molecule has 21 heavy (non-hydrogen) atoms. The Morgan fingerprint density at radius 2 is 1.57 bits per heavy atom. The van der Waals surface area contributed by atoms with Crippen LogP contribution in [0.25, 0.3) is 0 Å². The van der Waals surface area contributed by atoms with E-state index in [2.05, 4.69) is 0 Å². The number of aliphatic hydroxyl groups is 1. The highest BCUT2D eigenvalue weighted by atomic mass is 35.5. The van der Waals surface area contributed by atoms with Crippen molar-refractivity contribution in [3.63, 3.8) is 0 Å². The van der Waals surface area contributed by atoms with Crippen molar-refractivity contribution in [2.45, 2.75) is 5.85 Å². The van der Waals surface area contributed by atoms with Gasteiger partial charge in [-0.05, 0) is 42.0 Å². The van der Waals surface area contributed by atoms with Gasteiger partial charge in [0.25, 0.3) is 7.37 Å². The van der Waals surface area contributed by atoms with Crippen LogP contribution in [-0.2, 0) is 4.57 Å². The summed E-state index contributed by atoms with van der Waals surface area (Å²) in [6, 6.07) is 10.8. The van der Waals surface area contributed by atoms with Crippen molar-refractivity contribution in [3.05, 3.63) is 64.7 Å². The summed E-state index contributed by atoms with van der Waals surface area (Å²) in [5, 5.41) is 19.3. The molecule has 0 fully saturated rings. The van der Waals surface area contributed by atoms with Gasteiger partial charge in [0.2, 0.25) is 0 Å². The first-order valence-electron chi connectivity index (χ1n) is 5.92. The molecule has 0 amide bonds. The minimum absolute atomic E-state index is 0.000247. The third kappa shape index (κ3) is 3.34. The van der Waals surface area contributed by atoms with Crippen LogP contribution >= 0.6 is 19.0 Å². The Morgan fingerprint density at radius 1 is 1.05 bits per heavy atom. The van der Waals surface area contributed by atoms with Crippen LogP contribution in [0, 0.1) is 0 Å². The van der Waals surface area contributed by atoms with Gasteiger partial charge >= 0.3 is 5.97 Å². The molecule has 2 aromatic rings. The van der Waals surface area contributed by atoms with Gasteiger partial charge in [-0.25, -0.2) is 4.79 Å². The predicted octanol–water partition coefficient (Wildman–Crippen LogP) is 2.62. The lowest BCUT2D eigenvalue weighted by Gasteiger charge is -2.19. The topological polar surface area (TPSA) is 94.8 Å². The maximum Gasteiger partial charge on any atom is 0.335 e. The first-order valence-corrected chi connectivity index (χ1v) is 8.03. The van der Waals surface area contributed by atoms with Crippen LogP contribution in [-0.4, -0.2) is 21.1 Å². The van der Waals surface area contributed by atoms with E-state index in [4.69, 9.17) is 16.7 Å². The zero-order valence-corrected chi connectivity index (χ0v) is 12.3. The van der Waals surface area contributed by atoms with E-state index < -0.39 is 19.2 Å². The molecule has 110 valence electrons. The van der Waals surface area contributed by atoms with E-state index in [1.807, 2.05) is 0 Å². The van der Waals surface area contributed by atoms with Crippen molar-refractivity contribution < 1.29 is 24.5 Å². The number of aromatic carboxylic acids is 1. The van der Waals surface area contributed by atoms with E-state index >= 15 is 0 Å². The van der Waals surface area contributed by atoms with Crippen molar-refractivity contribution in [2.75, 3.05) is 0 Å². The lowest BCUT2D eigenvalue weighted by Crippen LogP contribution is -2.12. The van der Waals surface area contributed by atoms with Crippen LogP contribution in [0.2, 0.25) is 5.02 Å². The van der Waals surface area contributed by atoms with E-state index in [1.54, 1.807) is 0 Å². The summed E-state index contributed by atoms with van der Waals surface area (Å²) in [5.74, 6) is -2.74. The molecule has 5 nitrogen and oxygen atoms in total. The molecule has 2 atom stereocenters. The Kier molecular flexibility index (Phi) is 4.49. The van der Waals surface area contributed by atoms with Crippen molar-refractivity contribution in [1.82, 2.24) is 0 Å². The number of hydrogen-bond donors (Lipinski definition) is 3. The van der Waals surface area contributed by atoms with Crippen molar-refractivity contribution in [3.8, 4) is 0 Å². The zero-order chi connectivity index (χ0) is 15.6. The molecule has 2 rings (SSSR count). The second kappa shape index (κ2) is 6.00. The monoisotopic (exact) mass is 326 g/mol. The van der Waals surface area contributed by atoms with E-state index in [0.29, 0.717) is 5.02 Å². The third-order valence-corrected chi connectivity index (χ3v) is 5.24. The van der Waals surface area contributed by atoms with E-state index in [9.17, 15) is 19.4 Å². The summed E-state index contributed by atoms with van der Waals surface area (Å²) in [6.07, 6.45) is 0. The summed E-state index contributed by atoms with van der Waals surface area (Å²) >= 11 is 5.73. The summed E-state index contributed by atoms with van der Waals surface area (Å²) in [5.41, 5.74) is 0.257. The number of rotatable bonds is 4. The molecule has 0 aliphatic heterocycles. The van der Waals surface area contributed by atoms with E-state index in [0.717, 1.165) is 0 Å². The van der Waals surface area contributed by atoms with Crippen LogP contribution in [0.3, 0.4) is 0 Å². The first kappa shape index (κ1) is 15.7. The number of aliphatic hydroxyl groups excluding tert-OH is 1. The average Bonchev–Trinajstić information content (AvgIpc) is 2.47. The minimum atomic E-state index is -4.10. The molecule has 0 aliphatic carbocycles. The van der Waals surface area contributed by atoms with Crippen molar-refractivity contribution >= 4 is 30.2 Å². The molecule has 7 heteroatoms. The molecule has 0 heterocycles. The highest BCUT2D eigenvalue weighted by Gasteiger charge is 2.32. The Bertz CT molecular complexity index is 696. The summed E-state index contributed by atoms with van der Waals surface area (Å²) in [4.78, 5) is 20.9. The van der Waals surface area contributed by atoms with Gasteiger partial charge in [0.05, 0.1) is 5.56 Å². The van der Waals surface area contributed by atoms with Crippen LogP contribution < -0.4 is 5.30 Å². The number of benzene rings is 2. The van der Waals surface area contributed by atoms with Crippen LogP contribution in [0.4, 0.5) is 0 Å². The van der Waals surface area contributed by atoms with E-state index in [1.165, 1.54) is 48.5 Å². The Hall–Kier alpha value is -1.65. The van der Waals surface area contributed by atoms with Crippen LogP contribution in [0.1, 0.15) is 21.8 Å². The molecular weight excluding hydrogens is 315 g/mol. The minimum Gasteiger partial charge on any atom is -0.478 e. The van der Waals surface area contributed by atoms with Crippen molar-refractivity contribution in [2.24, 2.45) is 0 Å². The molecule has 0 spiro atoms. The SMILES string of the molecule is O=C(O)c1ccc(P(=O)(O)C(O)c2ccc(Cl)cc2)cc1. The molecule has 0 saturated heterocycles. The molecular formula is C14H12ClO5P. The van der Waals surface area contributed by atoms with Gasteiger partial charge in [0.15, 0.2) is 5.85 Å². The van der Waals surface area contributed by atoms with Crippen molar-refractivity contribution in [1.29, 1.82) is 0 Å². The smallest absolute Gasteiger partial charge is 0.335 e. The van der Waals surface area contributed by atoms with E-state index in [-0.39, 0.29) is 16.4 Å². The normalized spacial score (nSPS) is 15.2. The molecule has 0 bridgehead atoms. The fourth-order valence-corrected chi connectivity index (χ4v) is 3.36. The quantitative estimate of drug-likeness (QED) is 0.751. The van der Waals surface area contributed by atoms with Gasteiger partial charge in [0, 0.05) is 10.3 Å². The molecule has 2 aromatic carbocycles. The zero-order valence-electron chi connectivity index (χ0n) is 10.7. The van der Waals surface area contributed by atoms with Gasteiger partial charge in [-0.15, -0.1) is 0 Å². The third-order valence-electron chi connectivity index (χ3n) is 2.98. The standard InChI is InChI=1S/C14H12ClO5P/c15-11-5-1-10(2-6-11)14(18)21(19,20)12-7-3-9(4-8-12)13(16)17/h1-8,14,18H,(H,16,17)(H,19,20). The number of carboxylic acids is 1. The summed E-state index contributed by atoms with van der Waals surface area (Å²) < 4.78 is 12.4. The molecule has 0 aromatic heterocycles. The maximum atomic E-state index is 12.4. The fraction of sp³-hybridized carbons (Fsp3) is 0.0714. The average molecular weight is 327 g/mol. The summed E-state index contributed by atoms with van der Waals surface area (Å²) in [7, 11) is -4.10. The number of halogens is 1. The molecule has 3 N–H and O–H groups in total. The predicted molar refractivity (Wildman–Crippen MR) is 79.3 cm³/mol.